The van der Waals surface area contributed by atoms with Crippen molar-refractivity contribution in [2.75, 3.05) is 36.9 Å². The third-order valence-corrected chi connectivity index (χ3v) is 6.10. The first kappa shape index (κ1) is 18.2. The molecule has 1 unspecified atom stereocenters. The van der Waals surface area contributed by atoms with Crippen LogP contribution in [0, 0.1) is 0 Å². The van der Waals surface area contributed by atoms with Gasteiger partial charge < -0.3 is 15.5 Å². The van der Waals surface area contributed by atoms with Crippen molar-refractivity contribution in [1.82, 2.24) is 10.2 Å². The second-order valence-corrected chi connectivity index (χ2v) is 7.86. The van der Waals surface area contributed by atoms with Crippen LogP contribution in [0.15, 0.2) is 35.0 Å². The van der Waals surface area contributed by atoms with Gasteiger partial charge in [-0.15, -0.1) is 11.3 Å². The van der Waals surface area contributed by atoms with E-state index in [0.29, 0.717) is 28.7 Å². The predicted octanol–water partition coefficient (Wildman–Crippen LogP) is 3.05. The molecule has 27 heavy (non-hydrogen) atoms. The Hall–Kier alpha value is -2.22. The number of carbonyl (C=O) groups excluding carboxylic acids is 2. The van der Waals surface area contributed by atoms with Crippen LogP contribution in [0.25, 0.3) is 0 Å². The average molecular weight is 385 g/mol. The van der Waals surface area contributed by atoms with Crippen molar-refractivity contribution in [1.29, 1.82) is 0 Å². The van der Waals surface area contributed by atoms with Crippen molar-refractivity contribution in [2.45, 2.75) is 25.3 Å². The van der Waals surface area contributed by atoms with Crippen LogP contribution in [0.5, 0.6) is 0 Å². The fourth-order valence-corrected chi connectivity index (χ4v) is 4.68. The van der Waals surface area contributed by atoms with E-state index < -0.39 is 0 Å². The molecule has 0 spiro atoms. The molecular formula is C20H24N4O2S. The van der Waals surface area contributed by atoms with Crippen LogP contribution >= 0.6 is 11.3 Å². The molecule has 0 bridgehead atoms. The summed E-state index contributed by atoms with van der Waals surface area (Å²) in [5.41, 5.74) is 2.57. The molecule has 2 aromatic rings. The highest BCUT2D eigenvalue weighted by atomic mass is 32.1. The first-order valence-electron chi connectivity index (χ1n) is 9.35. The lowest BCUT2D eigenvalue weighted by Gasteiger charge is -2.23. The second kappa shape index (κ2) is 7.80. The van der Waals surface area contributed by atoms with E-state index in [1.165, 1.54) is 24.2 Å². The van der Waals surface area contributed by atoms with Gasteiger partial charge in [0, 0.05) is 16.8 Å². The normalized spacial score (nSPS) is 19.4. The van der Waals surface area contributed by atoms with E-state index in [4.69, 9.17) is 0 Å². The molecule has 1 saturated heterocycles. The Morgan fingerprint density at radius 1 is 1.30 bits per heavy atom. The van der Waals surface area contributed by atoms with Gasteiger partial charge in [-0.25, -0.2) is 0 Å². The zero-order valence-electron chi connectivity index (χ0n) is 15.4. The fraction of sp³-hybridized carbons (Fsp3) is 0.400. The van der Waals surface area contributed by atoms with Crippen LogP contribution in [0.3, 0.4) is 0 Å². The van der Waals surface area contributed by atoms with Crippen LogP contribution in [0.1, 0.15) is 29.6 Å². The summed E-state index contributed by atoms with van der Waals surface area (Å²) < 4.78 is 0. The number of likely N-dealkylation sites (tertiary alicyclic amines) is 1. The van der Waals surface area contributed by atoms with E-state index in [1.54, 1.807) is 10.3 Å². The molecule has 2 aliphatic rings. The third-order valence-electron chi connectivity index (χ3n) is 5.37. The van der Waals surface area contributed by atoms with E-state index in [-0.39, 0.29) is 18.4 Å². The molecule has 2 amide bonds. The summed E-state index contributed by atoms with van der Waals surface area (Å²) in [6, 6.07) is 8.04. The lowest BCUT2D eigenvalue weighted by Crippen LogP contribution is -2.37. The summed E-state index contributed by atoms with van der Waals surface area (Å²) in [5.74, 6) is -0.232. The third kappa shape index (κ3) is 3.63. The Labute approximate surface area is 163 Å². The standard InChI is InChI=1S/C20H24N4O2S/c1-23-10-4-5-14(23)8-9-21-11-19(25)24-17-7-3-2-6-16(17)22-20(26)15-12-27-13-18(15)24/h2-3,6-7,12-14,21H,4-5,8-11H2,1H3,(H,22,26). The number of amides is 2. The zero-order chi connectivity index (χ0) is 18.8. The molecule has 7 heteroatoms. The second-order valence-electron chi connectivity index (χ2n) is 7.11. The molecule has 3 heterocycles. The van der Waals surface area contributed by atoms with Crippen LogP contribution < -0.4 is 15.5 Å². The maximum atomic E-state index is 13.1. The molecule has 0 radical (unpaired) electrons. The van der Waals surface area contributed by atoms with Crippen molar-refractivity contribution in [2.24, 2.45) is 0 Å². The Morgan fingerprint density at radius 2 is 2.15 bits per heavy atom. The molecule has 0 aliphatic carbocycles. The van der Waals surface area contributed by atoms with Gasteiger partial charge in [-0.1, -0.05) is 12.1 Å². The molecule has 2 aliphatic heterocycles. The lowest BCUT2D eigenvalue weighted by molar-refractivity contribution is -0.117. The number of anilines is 3. The van der Waals surface area contributed by atoms with Crippen LogP contribution in [-0.4, -0.2) is 49.4 Å². The lowest BCUT2D eigenvalue weighted by atomic mass is 10.1. The van der Waals surface area contributed by atoms with Gasteiger partial charge in [0.2, 0.25) is 5.91 Å². The minimum atomic E-state index is -0.175. The molecule has 2 N–H and O–H groups in total. The minimum Gasteiger partial charge on any atom is -0.320 e. The van der Waals surface area contributed by atoms with Crippen molar-refractivity contribution in [3.05, 3.63) is 40.6 Å². The van der Waals surface area contributed by atoms with Crippen LogP contribution in [-0.2, 0) is 4.79 Å². The van der Waals surface area contributed by atoms with E-state index in [9.17, 15) is 9.59 Å². The number of nitrogens with zero attached hydrogens (tertiary/aromatic N) is 2. The number of benzene rings is 1. The largest absolute Gasteiger partial charge is 0.320 e. The number of nitrogens with one attached hydrogen (secondary N) is 2. The zero-order valence-corrected chi connectivity index (χ0v) is 16.2. The number of carbonyl (C=O) groups is 2. The van der Waals surface area contributed by atoms with Crippen molar-refractivity contribution < 1.29 is 9.59 Å². The van der Waals surface area contributed by atoms with Crippen molar-refractivity contribution in [3.8, 4) is 0 Å². The maximum Gasteiger partial charge on any atom is 0.258 e. The summed E-state index contributed by atoms with van der Waals surface area (Å²) in [4.78, 5) is 29.6. The Morgan fingerprint density at radius 3 is 2.96 bits per heavy atom. The van der Waals surface area contributed by atoms with E-state index in [0.717, 1.165) is 19.5 Å². The summed E-state index contributed by atoms with van der Waals surface area (Å²) in [5, 5.41) is 9.86. The summed E-state index contributed by atoms with van der Waals surface area (Å²) >= 11 is 1.43. The number of para-hydroxylation sites is 2. The number of thiophene rings is 1. The Balaban J connectivity index is 1.48. The highest BCUT2D eigenvalue weighted by Crippen LogP contribution is 2.39. The Bertz CT molecular complexity index is 850. The molecular weight excluding hydrogens is 360 g/mol. The van der Waals surface area contributed by atoms with Crippen LogP contribution in [0.4, 0.5) is 17.1 Å². The smallest absolute Gasteiger partial charge is 0.258 e. The molecule has 1 atom stereocenters. The van der Waals surface area contributed by atoms with Gasteiger partial charge in [-0.3, -0.25) is 14.5 Å². The van der Waals surface area contributed by atoms with E-state index >= 15 is 0 Å². The number of hydrogen-bond acceptors (Lipinski definition) is 5. The molecule has 1 aromatic heterocycles. The molecule has 0 saturated carbocycles. The molecule has 142 valence electrons. The van der Waals surface area contributed by atoms with Crippen LogP contribution in [0.2, 0.25) is 0 Å². The quantitative estimate of drug-likeness (QED) is 0.778. The van der Waals surface area contributed by atoms with Gasteiger partial charge in [0.1, 0.15) is 0 Å². The van der Waals surface area contributed by atoms with E-state index in [1.807, 2.05) is 29.6 Å². The monoisotopic (exact) mass is 384 g/mol. The van der Waals surface area contributed by atoms with Crippen molar-refractivity contribution in [3.63, 3.8) is 0 Å². The molecule has 6 nitrogen and oxygen atoms in total. The first-order chi connectivity index (χ1) is 13.1. The highest BCUT2D eigenvalue weighted by molar-refractivity contribution is 7.08. The van der Waals surface area contributed by atoms with Gasteiger partial charge >= 0.3 is 0 Å². The maximum absolute atomic E-state index is 13.1. The van der Waals surface area contributed by atoms with Gasteiger partial charge in [-0.2, -0.15) is 0 Å². The molecule has 4 rings (SSSR count). The first-order valence-corrected chi connectivity index (χ1v) is 10.3. The molecule has 1 fully saturated rings. The summed E-state index contributed by atoms with van der Waals surface area (Å²) in [7, 11) is 2.17. The van der Waals surface area contributed by atoms with E-state index in [2.05, 4.69) is 22.6 Å². The predicted molar refractivity (Wildman–Crippen MR) is 109 cm³/mol. The minimum absolute atomic E-state index is 0.0571. The molecule has 1 aromatic carbocycles. The Kier molecular flexibility index (Phi) is 5.24. The van der Waals surface area contributed by atoms with Crippen molar-refractivity contribution >= 4 is 40.2 Å². The fourth-order valence-electron chi connectivity index (χ4n) is 3.88. The summed E-state index contributed by atoms with van der Waals surface area (Å²) in [6.45, 7) is 2.22. The number of hydrogen-bond donors (Lipinski definition) is 2. The number of fused-ring (bicyclic) bond motifs is 2. The topological polar surface area (TPSA) is 64.7 Å². The van der Waals surface area contributed by atoms with Gasteiger partial charge in [0.15, 0.2) is 0 Å². The van der Waals surface area contributed by atoms with Gasteiger partial charge in [-0.05, 0) is 51.5 Å². The highest BCUT2D eigenvalue weighted by Gasteiger charge is 2.29. The average Bonchev–Trinajstić information content (AvgIpc) is 3.27. The number of rotatable bonds is 5. The van der Waals surface area contributed by atoms with Gasteiger partial charge in [0.25, 0.3) is 5.91 Å². The summed E-state index contributed by atoms with van der Waals surface area (Å²) in [6.07, 6.45) is 3.54. The van der Waals surface area contributed by atoms with Gasteiger partial charge in [0.05, 0.1) is 29.2 Å². The SMILES string of the molecule is CN1CCCC1CCNCC(=O)N1c2ccccc2NC(=O)c2cscc21.